The van der Waals surface area contributed by atoms with Crippen molar-refractivity contribution in [1.82, 2.24) is 24.7 Å². The van der Waals surface area contributed by atoms with E-state index in [-0.39, 0.29) is 11.9 Å². The molecule has 0 saturated heterocycles. The van der Waals surface area contributed by atoms with Crippen molar-refractivity contribution in [2.75, 3.05) is 28.6 Å². The number of hydrogen-bond acceptors (Lipinski definition) is 7. The van der Waals surface area contributed by atoms with Gasteiger partial charge in [0.15, 0.2) is 0 Å². The Hall–Kier alpha value is -4.79. The van der Waals surface area contributed by atoms with Crippen molar-refractivity contribution in [2.45, 2.75) is 13.8 Å². The van der Waals surface area contributed by atoms with Crippen molar-refractivity contribution in [3.8, 4) is 5.69 Å². The molecule has 1 amide bonds. The van der Waals surface area contributed by atoms with Crippen LogP contribution in [0.15, 0.2) is 84.9 Å². The molecule has 0 atom stereocenters. The molecule has 0 saturated carbocycles. The van der Waals surface area contributed by atoms with Crippen molar-refractivity contribution >= 4 is 40.5 Å². The maximum Gasteiger partial charge on any atom is 0.258 e. The molecule has 0 spiro atoms. The second kappa shape index (κ2) is 10.2. The van der Waals surface area contributed by atoms with Crippen LogP contribution in [0.4, 0.5) is 23.7 Å². The predicted molar refractivity (Wildman–Crippen MR) is 142 cm³/mol. The van der Waals surface area contributed by atoms with E-state index in [0.717, 1.165) is 29.7 Å². The van der Waals surface area contributed by atoms with Crippen molar-refractivity contribution < 1.29 is 4.79 Å². The number of nitrogens with zero attached hydrogens (tertiary/aromatic N) is 6. The number of nitrogens with one attached hydrogen (secondary N) is 2. The van der Waals surface area contributed by atoms with Gasteiger partial charge in [-0.2, -0.15) is 14.6 Å². The van der Waals surface area contributed by atoms with Gasteiger partial charge in [-0.3, -0.25) is 10.1 Å². The summed E-state index contributed by atoms with van der Waals surface area (Å²) in [6.07, 6.45) is 0. The maximum atomic E-state index is 12.7. The standard InChI is InChI=1S/C27H26N8O/c1-3-34(4-2)26-28-22-18-12-11-17-21(22)23(29-26)30-27-32-25(31-24(36)19-13-7-5-8-14-19)33-35(27)20-15-9-6-10-16-20/h5-18H,3-4H2,1-2H3,(H2,28,29,30,31,32,33,36). The zero-order chi connectivity index (χ0) is 24.9. The smallest absolute Gasteiger partial charge is 0.258 e. The molecule has 36 heavy (non-hydrogen) atoms. The van der Waals surface area contributed by atoms with Crippen LogP contribution in [0, 0.1) is 0 Å². The van der Waals surface area contributed by atoms with Crippen LogP contribution in [0.1, 0.15) is 24.2 Å². The van der Waals surface area contributed by atoms with Crippen LogP contribution in [-0.2, 0) is 0 Å². The summed E-state index contributed by atoms with van der Waals surface area (Å²) in [6.45, 7) is 5.71. The molecule has 0 unspecified atom stereocenters. The number of carbonyl (C=O) groups is 1. The molecule has 9 nitrogen and oxygen atoms in total. The summed E-state index contributed by atoms with van der Waals surface area (Å²) in [5.41, 5.74) is 2.13. The molecule has 3 aromatic carbocycles. The first-order valence-electron chi connectivity index (χ1n) is 11.8. The lowest BCUT2D eigenvalue weighted by molar-refractivity contribution is 0.102. The molecule has 2 heterocycles. The Morgan fingerprint density at radius 1 is 0.833 bits per heavy atom. The van der Waals surface area contributed by atoms with Gasteiger partial charge < -0.3 is 10.2 Å². The van der Waals surface area contributed by atoms with Gasteiger partial charge in [0.05, 0.1) is 11.2 Å². The fourth-order valence-corrected chi connectivity index (χ4v) is 3.87. The van der Waals surface area contributed by atoms with E-state index in [1.54, 1.807) is 16.8 Å². The van der Waals surface area contributed by atoms with Crippen LogP contribution in [0.3, 0.4) is 0 Å². The highest BCUT2D eigenvalue weighted by atomic mass is 16.1. The number of benzene rings is 3. The number of aromatic nitrogens is 5. The highest BCUT2D eigenvalue weighted by Crippen LogP contribution is 2.27. The fourth-order valence-electron chi connectivity index (χ4n) is 3.87. The zero-order valence-corrected chi connectivity index (χ0v) is 20.1. The van der Waals surface area contributed by atoms with Crippen LogP contribution >= 0.6 is 0 Å². The lowest BCUT2D eigenvalue weighted by Gasteiger charge is -2.20. The average Bonchev–Trinajstić information content (AvgIpc) is 3.32. The van der Waals surface area contributed by atoms with Crippen molar-refractivity contribution in [3.05, 3.63) is 90.5 Å². The van der Waals surface area contributed by atoms with Gasteiger partial charge in [-0.15, -0.1) is 5.10 Å². The summed E-state index contributed by atoms with van der Waals surface area (Å²) in [7, 11) is 0. The van der Waals surface area contributed by atoms with Crippen LogP contribution in [0.5, 0.6) is 0 Å². The molecule has 9 heteroatoms. The normalized spacial score (nSPS) is 10.8. The summed E-state index contributed by atoms with van der Waals surface area (Å²) >= 11 is 0. The number of rotatable bonds is 8. The van der Waals surface area contributed by atoms with E-state index in [1.165, 1.54) is 0 Å². The number of amides is 1. The van der Waals surface area contributed by atoms with Gasteiger partial charge in [0.25, 0.3) is 11.9 Å². The van der Waals surface area contributed by atoms with Gasteiger partial charge in [0.1, 0.15) is 5.82 Å². The molecular formula is C27H26N8O. The Bertz CT molecular complexity index is 1480. The molecular weight excluding hydrogens is 452 g/mol. The average molecular weight is 479 g/mol. The predicted octanol–water partition coefficient (Wildman–Crippen LogP) is 5.05. The minimum absolute atomic E-state index is 0.178. The Morgan fingerprint density at radius 2 is 1.50 bits per heavy atom. The molecule has 180 valence electrons. The van der Waals surface area contributed by atoms with Crippen molar-refractivity contribution in [1.29, 1.82) is 0 Å². The molecule has 5 rings (SSSR count). The lowest BCUT2D eigenvalue weighted by atomic mass is 10.2. The molecule has 5 aromatic rings. The summed E-state index contributed by atoms with van der Waals surface area (Å²) in [4.78, 5) is 29.0. The van der Waals surface area contributed by atoms with E-state index in [9.17, 15) is 4.79 Å². The number of carbonyl (C=O) groups excluding carboxylic acids is 1. The van der Waals surface area contributed by atoms with E-state index in [2.05, 4.69) is 39.5 Å². The summed E-state index contributed by atoms with van der Waals surface area (Å²) in [6, 6.07) is 26.4. The highest BCUT2D eigenvalue weighted by Gasteiger charge is 2.18. The molecule has 0 radical (unpaired) electrons. The van der Waals surface area contributed by atoms with Gasteiger partial charge >= 0.3 is 0 Å². The van der Waals surface area contributed by atoms with Crippen LogP contribution in [0.25, 0.3) is 16.6 Å². The van der Waals surface area contributed by atoms with E-state index < -0.39 is 0 Å². The largest absolute Gasteiger partial charge is 0.341 e. The lowest BCUT2D eigenvalue weighted by Crippen LogP contribution is -2.24. The first-order valence-corrected chi connectivity index (χ1v) is 11.8. The number of para-hydroxylation sites is 2. The maximum absolute atomic E-state index is 12.7. The van der Waals surface area contributed by atoms with Gasteiger partial charge in [0.2, 0.25) is 11.9 Å². The molecule has 2 aromatic heterocycles. The highest BCUT2D eigenvalue weighted by molar-refractivity contribution is 6.03. The number of hydrogen-bond donors (Lipinski definition) is 2. The Balaban J connectivity index is 1.57. The van der Waals surface area contributed by atoms with E-state index in [1.807, 2.05) is 72.8 Å². The summed E-state index contributed by atoms with van der Waals surface area (Å²) in [5, 5.41) is 11.6. The molecule has 0 aliphatic heterocycles. The third kappa shape index (κ3) is 4.72. The van der Waals surface area contributed by atoms with Gasteiger partial charge in [-0.05, 0) is 50.2 Å². The quantitative estimate of drug-likeness (QED) is 0.322. The molecule has 2 N–H and O–H groups in total. The third-order valence-electron chi connectivity index (χ3n) is 5.74. The summed E-state index contributed by atoms with van der Waals surface area (Å²) in [5.74, 6) is 1.54. The van der Waals surface area contributed by atoms with Gasteiger partial charge in [-0.1, -0.05) is 48.5 Å². The first-order chi connectivity index (χ1) is 17.7. The van der Waals surface area contributed by atoms with Crippen molar-refractivity contribution in [3.63, 3.8) is 0 Å². The number of fused-ring (bicyclic) bond motifs is 1. The van der Waals surface area contributed by atoms with Gasteiger partial charge in [-0.25, -0.2) is 4.98 Å². The topological polar surface area (TPSA) is 101 Å². The minimum Gasteiger partial charge on any atom is -0.341 e. The Kier molecular flexibility index (Phi) is 6.53. The molecule has 0 aliphatic carbocycles. The minimum atomic E-state index is -0.288. The second-order valence-electron chi connectivity index (χ2n) is 8.01. The number of anilines is 4. The monoisotopic (exact) mass is 478 g/mol. The van der Waals surface area contributed by atoms with Crippen molar-refractivity contribution in [2.24, 2.45) is 0 Å². The van der Waals surface area contributed by atoms with E-state index in [4.69, 9.17) is 9.97 Å². The zero-order valence-electron chi connectivity index (χ0n) is 20.1. The van der Waals surface area contributed by atoms with Crippen LogP contribution in [0.2, 0.25) is 0 Å². The fraction of sp³-hybridized carbons (Fsp3) is 0.148. The van der Waals surface area contributed by atoms with E-state index in [0.29, 0.717) is 23.3 Å². The molecule has 0 fully saturated rings. The van der Waals surface area contributed by atoms with Crippen LogP contribution < -0.4 is 15.5 Å². The molecule has 0 bridgehead atoms. The third-order valence-corrected chi connectivity index (χ3v) is 5.74. The van der Waals surface area contributed by atoms with Crippen LogP contribution in [-0.4, -0.2) is 43.7 Å². The summed E-state index contributed by atoms with van der Waals surface area (Å²) < 4.78 is 1.65. The van der Waals surface area contributed by atoms with E-state index >= 15 is 0 Å². The second-order valence-corrected chi connectivity index (χ2v) is 8.01. The Labute approximate surface area is 208 Å². The molecule has 0 aliphatic rings. The van der Waals surface area contributed by atoms with Gasteiger partial charge in [0, 0.05) is 24.0 Å². The Morgan fingerprint density at radius 3 is 2.22 bits per heavy atom. The first kappa shape index (κ1) is 23.0. The SMILES string of the molecule is CCN(CC)c1nc(Nc2nc(NC(=O)c3ccccc3)nn2-c2ccccc2)c2ccccc2n1.